The Bertz CT molecular complexity index is 802. The molecule has 28 heavy (non-hydrogen) atoms. The van der Waals surface area contributed by atoms with Gasteiger partial charge >= 0.3 is 6.03 Å². The molecular weight excluding hydrogens is 356 g/mol. The molecule has 0 N–H and O–H groups in total. The van der Waals surface area contributed by atoms with Crippen LogP contribution < -0.4 is 4.90 Å². The third-order valence-electron chi connectivity index (χ3n) is 5.18. The summed E-state index contributed by atoms with van der Waals surface area (Å²) in [6, 6.07) is 7.93. The second-order valence-corrected chi connectivity index (χ2v) is 6.97. The minimum absolute atomic E-state index is 0.119. The largest absolute Gasteiger partial charge is 0.378 e. The third-order valence-corrected chi connectivity index (χ3v) is 5.18. The number of aryl methyl sites for hydroxylation is 1. The lowest BCUT2D eigenvalue weighted by Gasteiger charge is -2.39. The summed E-state index contributed by atoms with van der Waals surface area (Å²) in [6.45, 7) is 7.62. The molecule has 2 saturated heterocycles. The Labute approximate surface area is 165 Å². The molecule has 4 heterocycles. The van der Waals surface area contributed by atoms with Crippen molar-refractivity contribution in [2.75, 3.05) is 57.4 Å². The maximum atomic E-state index is 12.7. The Morgan fingerprint density at radius 2 is 1.79 bits per heavy atom. The molecule has 2 aromatic heterocycles. The number of hydrogen-bond donors (Lipinski definition) is 0. The van der Waals surface area contributed by atoms with E-state index < -0.39 is 0 Å². The molecule has 0 unspecified atom stereocenters. The quantitative estimate of drug-likeness (QED) is 0.804. The highest BCUT2D eigenvalue weighted by atomic mass is 16.5. The van der Waals surface area contributed by atoms with Crippen LogP contribution in [-0.2, 0) is 11.2 Å². The molecule has 0 aliphatic carbocycles. The first-order valence-electron chi connectivity index (χ1n) is 9.90. The molecule has 0 aromatic carbocycles. The third kappa shape index (κ3) is 4.06. The van der Waals surface area contributed by atoms with Gasteiger partial charge in [-0.3, -0.25) is 4.98 Å². The fourth-order valence-corrected chi connectivity index (χ4v) is 3.52. The van der Waals surface area contributed by atoms with Gasteiger partial charge in [-0.25, -0.2) is 14.8 Å². The lowest BCUT2D eigenvalue weighted by Crippen LogP contribution is -2.55. The van der Waals surface area contributed by atoms with Crippen molar-refractivity contribution in [1.82, 2.24) is 24.8 Å². The maximum absolute atomic E-state index is 12.7. The van der Waals surface area contributed by atoms with Gasteiger partial charge in [0.05, 0.1) is 13.2 Å². The predicted molar refractivity (Wildman–Crippen MR) is 106 cm³/mol. The number of aromatic nitrogens is 3. The summed E-state index contributed by atoms with van der Waals surface area (Å²) in [5.74, 6) is 1.56. The molecule has 148 valence electrons. The van der Waals surface area contributed by atoms with E-state index in [4.69, 9.17) is 9.72 Å². The van der Waals surface area contributed by atoms with E-state index in [0.29, 0.717) is 45.2 Å². The van der Waals surface area contributed by atoms with Gasteiger partial charge in [0.25, 0.3) is 0 Å². The molecule has 4 rings (SSSR count). The molecule has 2 fully saturated rings. The molecule has 0 atom stereocenters. The van der Waals surface area contributed by atoms with Crippen LogP contribution in [0.25, 0.3) is 11.5 Å². The minimum atomic E-state index is 0.119. The summed E-state index contributed by atoms with van der Waals surface area (Å²) in [5, 5.41) is 0. The number of carbonyl (C=O) groups excluding carboxylic acids is 1. The minimum Gasteiger partial charge on any atom is -0.378 e. The van der Waals surface area contributed by atoms with E-state index in [-0.39, 0.29) is 6.03 Å². The van der Waals surface area contributed by atoms with Gasteiger partial charge in [-0.2, -0.15) is 0 Å². The zero-order chi connectivity index (χ0) is 19.3. The van der Waals surface area contributed by atoms with Crippen molar-refractivity contribution >= 4 is 11.8 Å². The molecule has 2 amide bonds. The summed E-state index contributed by atoms with van der Waals surface area (Å²) in [4.78, 5) is 32.5. The number of morpholine rings is 1. The lowest BCUT2D eigenvalue weighted by molar-refractivity contribution is 0.0428. The van der Waals surface area contributed by atoms with Crippen LogP contribution in [-0.4, -0.2) is 83.3 Å². The first kappa shape index (κ1) is 18.6. The molecule has 8 heteroatoms. The highest BCUT2D eigenvalue weighted by Gasteiger charge is 2.27. The summed E-state index contributed by atoms with van der Waals surface area (Å²) < 4.78 is 5.34. The lowest BCUT2D eigenvalue weighted by atomic mass is 10.2. The molecular formula is C20H26N6O2. The molecule has 0 spiro atoms. The van der Waals surface area contributed by atoms with Crippen LogP contribution >= 0.6 is 0 Å². The number of hydrogen-bond acceptors (Lipinski definition) is 6. The van der Waals surface area contributed by atoms with Crippen molar-refractivity contribution in [2.45, 2.75) is 13.3 Å². The molecule has 2 aliphatic heterocycles. The topological polar surface area (TPSA) is 74.7 Å². The van der Waals surface area contributed by atoms with Crippen LogP contribution in [0.2, 0.25) is 0 Å². The zero-order valence-corrected chi connectivity index (χ0v) is 16.3. The fraction of sp³-hybridized carbons (Fsp3) is 0.500. The van der Waals surface area contributed by atoms with E-state index >= 15 is 0 Å². The van der Waals surface area contributed by atoms with E-state index in [0.717, 1.165) is 36.7 Å². The van der Waals surface area contributed by atoms with E-state index in [2.05, 4.69) is 21.8 Å². The number of rotatable bonds is 3. The van der Waals surface area contributed by atoms with Crippen LogP contribution in [0.1, 0.15) is 12.6 Å². The van der Waals surface area contributed by atoms with E-state index in [1.54, 1.807) is 6.20 Å². The average molecular weight is 382 g/mol. The van der Waals surface area contributed by atoms with Crippen molar-refractivity contribution < 1.29 is 9.53 Å². The van der Waals surface area contributed by atoms with Gasteiger partial charge in [0, 0.05) is 57.2 Å². The predicted octanol–water partition coefficient (Wildman–Crippen LogP) is 1.68. The summed E-state index contributed by atoms with van der Waals surface area (Å²) in [7, 11) is 0. The summed E-state index contributed by atoms with van der Waals surface area (Å²) in [5.41, 5.74) is 1.78. The second-order valence-electron chi connectivity index (χ2n) is 6.97. The van der Waals surface area contributed by atoms with Crippen molar-refractivity contribution in [3.8, 4) is 11.5 Å². The summed E-state index contributed by atoms with van der Waals surface area (Å²) in [6.07, 6.45) is 2.60. The van der Waals surface area contributed by atoms with Gasteiger partial charge < -0.3 is 19.4 Å². The molecule has 0 saturated carbocycles. The highest BCUT2D eigenvalue weighted by molar-refractivity contribution is 5.75. The number of pyridine rings is 1. The number of carbonyl (C=O) groups is 1. The molecule has 2 aliphatic rings. The Morgan fingerprint density at radius 1 is 1.04 bits per heavy atom. The zero-order valence-electron chi connectivity index (χ0n) is 16.3. The molecule has 0 radical (unpaired) electrons. The first-order valence-corrected chi connectivity index (χ1v) is 9.90. The van der Waals surface area contributed by atoms with E-state index in [9.17, 15) is 4.79 Å². The number of urea groups is 1. The average Bonchev–Trinajstić information content (AvgIpc) is 2.79. The maximum Gasteiger partial charge on any atom is 0.320 e. The standard InChI is InChI=1S/C20H26N6O2/c1-2-16-15-18(23-19(22-16)17-5-3-4-6-21-17)24-7-9-25(10-8-24)20(27)26-11-13-28-14-12-26/h3-6,15H,2,7-14H2,1H3. The molecule has 8 nitrogen and oxygen atoms in total. The number of piperazine rings is 1. The number of amides is 2. The van der Waals surface area contributed by atoms with Crippen molar-refractivity contribution in [2.24, 2.45) is 0 Å². The Kier molecular flexibility index (Phi) is 5.66. The Balaban J connectivity index is 1.46. The molecule has 2 aromatic rings. The molecule has 0 bridgehead atoms. The van der Waals surface area contributed by atoms with Gasteiger partial charge in [0.1, 0.15) is 11.5 Å². The van der Waals surface area contributed by atoms with Crippen molar-refractivity contribution in [3.05, 3.63) is 36.2 Å². The first-order chi connectivity index (χ1) is 13.7. The van der Waals surface area contributed by atoms with Crippen LogP contribution in [0.3, 0.4) is 0 Å². The van der Waals surface area contributed by atoms with Crippen molar-refractivity contribution in [3.63, 3.8) is 0 Å². The number of nitrogens with zero attached hydrogens (tertiary/aromatic N) is 6. The van der Waals surface area contributed by atoms with Gasteiger partial charge in [0.2, 0.25) is 0 Å². The normalized spacial score (nSPS) is 17.7. The van der Waals surface area contributed by atoms with Crippen molar-refractivity contribution in [1.29, 1.82) is 0 Å². The smallest absolute Gasteiger partial charge is 0.320 e. The Hall–Kier alpha value is -2.74. The van der Waals surface area contributed by atoms with Gasteiger partial charge in [-0.05, 0) is 18.6 Å². The van der Waals surface area contributed by atoms with Gasteiger partial charge in [0.15, 0.2) is 5.82 Å². The van der Waals surface area contributed by atoms with Crippen LogP contribution in [0.5, 0.6) is 0 Å². The number of anilines is 1. The van der Waals surface area contributed by atoms with E-state index in [1.807, 2.05) is 34.1 Å². The van der Waals surface area contributed by atoms with Crippen LogP contribution in [0.4, 0.5) is 10.6 Å². The number of ether oxygens (including phenoxy) is 1. The van der Waals surface area contributed by atoms with Crippen LogP contribution in [0.15, 0.2) is 30.5 Å². The Morgan fingerprint density at radius 3 is 2.46 bits per heavy atom. The van der Waals surface area contributed by atoms with E-state index in [1.165, 1.54) is 0 Å². The summed E-state index contributed by atoms with van der Waals surface area (Å²) >= 11 is 0. The fourth-order valence-electron chi connectivity index (χ4n) is 3.52. The monoisotopic (exact) mass is 382 g/mol. The highest BCUT2D eigenvalue weighted by Crippen LogP contribution is 2.21. The second kappa shape index (κ2) is 8.52. The SMILES string of the molecule is CCc1cc(N2CCN(C(=O)N3CCOCC3)CC2)nc(-c2ccccn2)n1. The van der Waals surface area contributed by atoms with Gasteiger partial charge in [-0.15, -0.1) is 0 Å². The van der Waals surface area contributed by atoms with Gasteiger partial charge in [-0.1, -0.05) is 13.0 Å². The van der Waals surface area contributed by atoms with Crippen LogP contribution in [0, 0.1) is 0 Å².